The van der Waals surface area contributed by atoms with Gasteiger partial charge < -0.3 is 15.7 Å². The zero-order valence-corrected chi connectivity index (χ0v) is 13.8. The smallest absolute Gasteiger partial charge is 0.319 e. The number of anilines is 1. The molecule has 0 fully saturated rings. The van der Waals surface area contributed by atoms with Crippen LogP contribution < -0.4 is 10.6 Å². The molecule has 0 spiro atoms. The molecule has 3 N–H and O–H groups in total. The van der Waals surface area contributed by atoms with Gasteiger partial charge in [-0.1, -0.05) is 32.0 Å². The van der Waals surface area contributed by atoms with Gasteiger partial charge in [0.05, 0.1) is 12.3 Å². The lowest BCUT2D eigenvalue weighted by atomic mass is 10.0. The largest absolute Gasteiger partial charge is 0.386 e. The van der Waals surface area contributed by atoms with Gasteiger partial charge in [0.2, 0.25) is 0 Å². The number of nitrogens with zero attached hydrogens (tertiary/aromatic N) is 2. The van der Waals surface area contributed by atoms with Crippen LogP contribution in [0.5, 0.6) is 0 Å². The normalized spacial score (nSPS) is 12.0. The average Bonchev–Trinajstić information content (AvgIpc) is 2.99. The standard InChI is InChI=1S/C17H24N4O2/c1-4-12-7-6-8-13(5-2)16(12)20-17(23)18-10-15(22)14-9-19-21(3)11-14/h6-9,11,15,22H,4-5,10H2,1-3H3,(H2,18,20,23)/t15-/m0/s1. The Morgan fingerprint density at radius 1 is 1.30 bits per heavy atom. The quantitative estimate of drug-likeness (QED) is 0.765. The number of nitrogens with one attached hydrogen (secondary N) is 2. The summed E-state index contributed by atoms with van der Waals surface area (Å²) in [5, 5.41) is 19.7. The molecule has 2 rings (SSSR count). The number of aryl methyl sites for hydroxylation is 3. The van der Waals surface area contributed by atoms with E-state index in [4.69, 9.17) is 0 Å². The van der Waals surface area contributed by atoms with Crippen molar-refractivity contribution in [3.8, 4) is 0 Å². The van der Waals surface area contributed by atoms with Gasteiger partial charge in [-0.05, 0) is 24.0 Å². The fourth-order valence-corrected chi connectivity index (χ4v) is 2.48. The van der Waals surface area contributed by atoms with Crippen LogP contribution in [0, 0.1) is 0 Å². The van der Waals surface area contributed by atoms with E-state index in [1.165, 1.54) is 0 Å². The van der Waals surface area contributed by atoms with Crippen LogP contribution in [0.25, 0.3) is 0 Å². The van der Waals surface area contributed by atoms with Crippen molar-refractivity contribution in [3.05, 3.63) is 47.3 Å². The van der Waals surface area contributed by atoms with Gasteiger partial charge in [0.1, 0.15) is 0 Å². The Hall–Kier alpha value is -2.34. The first-order valence-corrected chi connectivity index (χ1v) is 7.87. The molecule has 0 radical (unpaired) electrons. The molecule has 23 heavy (non-hydrogen) atoms. The fourth-order valence-electron chi connectivity index (χ4n) is 2.48. The van der Waals surface area contributed by atoms with E-state index in [0.29, 0.717) is 5.56 Å². The summed E-state index contributed by atoms with van der Waals surface area (Å²) < 4.78 is 1.61. The van der Waals surface area contributed by atoms with Crippen molar-refractivity contribution in [1.82, 2.24) is 15.1 Å². The Labute approximate surface area is 136 Å². The Balaban J connectivity index is 1.97. The summed E-state index contributed by atoms with van der Waals surface area (Å²) in [6.07, 6.45) is 4.24. The van der Waals surface area contributed by atoms with Crippen LogP contribution in [0.3, 0.4) is 0 Å². The summed E-state index contributed by atoms with van der Waals surface area (Å²) in [6, 6.07) is 5.72. The first kappa shape index (κ1) is 17.0. The van der Waals surface area contributed by atoms with Crippen LogP contribution in [-0.4, -0.2) is 27.5 Å². The van der Waals surface area contributed by atoms with Crippen LogP contribution in [0.15, 0.2) is 30.6 Å². The van der Waals surface area contributed by atoms with E-state index in [1.807, 2.05) is 18.2 Å². The van der Waals surface area contributed by atoms with Crippen LogP contribution in [0.1, 0.15) is 36.6 Å². The van der Waals surface area contributed by atoms with Crippen molar-refractivity contribution in [2.75, 3.05) is 11.9 Å². The van der Waals surface area contributed by atoms with Gasteiger partial charge in [-0.15, -0.1) is 0 Å². The van der Waals surface area contributed by atoms with Gasteiger partial charge in [-0.2, -0.15) is 5.10 Å². The maximum Gasteiger partial charge on any atom is 0.319 e. The highest BCUT2D eigenvalue weighted by molar-refractivity contribution is 5.91. The lowest BCUT2D eigenvalue weighted by molar-refractivity contribution is 0.175. The molecule has 2 amide bonds. The minimum atomic E-state index is -0.776. The Morgan fingerprint density at radius 3 is 2.48 bits per heavy atom. The van der Waals surface area contributed by atoms with Gasteiger partial charge in [0.25, 0.3) is 0 Å². The molecule has 2 aromatic rings. The van der Waals surface area contributed by atoms with Gasteiger partial charge in [-0.25, -0.2) is 4.79 Å². The number of rotatable bonds is 6. The Kier molecular flexibility index (Phi) is 5.76. The molecule has 1 atom stereocenters. The average molecular weight is 316 g/mol. The molecular formula is C17H24N4O2. The predicted molar refractivity (Wildman–Crippen MR) is 90.4 cm³/mol. The molecule has 0 aliphatic heterocycles. The molecule has 0 bridgehead atoms. The molecule has 1 heterocycles. The number of benzene rings is 1. The van der Waals surface area contributed by atoms with Crippen LogP contribution in [-0.2, 0) is 19.9 Å². The molecule has 0 aliphatic rings. The number of carbonyl (C=O) groups is 1. The van der Waals surface area contributed by atoms with Crippen molar-refractivity contribution in [2.24, 2.45) is 7.05 Å². The molecule has 6 heteroatoms. The summed E-state index contributed by atoms with van der Waals surface area (Å²) in [7, 11) is 1.78. The zero-order valence-electron chi connectivity index (χ0n) is 13.8. The summed E-state index contributed by atoms with van der Waals surface area (Å²) in [6.45, 7) is 4.25. The molecule has 124 valence electrons. The number of aliphatic hydroxyl groups excluding tert-OH is 1. The lowest BCUT2D eigenvalue weighted by Gasteiger charge is -2.16. The molecule has 0 saturated carbocycles. The van der Waals surface area contributed by atoms with E-state index in [0.717, 1.165) is 29.7 Å². The van der Waals surface area contributed by atoms with Crippen LogP contribution in [0.4, 0.5) is 10.5 Å². The SMILES string of the molecule is CCc1cccc(CC)c1NC(=O)NC[C@H](O)c1cnn(C)c1. The third-order valence-electron chi connectivity index (χ3n) is 3.80. The van der Waals surface area contributed by atoms with E-state index >= 15 is 0 Å². The number of amides is 2. The second-order valence-electron chi connectivity index (χ2n) is 5.46. The first-order valence-electron chi connectivity index (χ1n) is 7.87. The van der Waals surface area contributed by atoms with E-state index in [-0.39, 0.29) is 12.6 Å². The maximum atomic E-state index is 12.1. The van der Waals surface area contributed by atoms with E-state index in [1.54, 1.807) is 24.1 Å². The molecule has 0 saturated heterocycles. The minimum Gasteiger partial charge on any atom is -0.386 e. The molecule has 0 unspecified atom stereocenters. The predicted octanol–water partition coefficient (Wildman–Crippen LogP) is 2.40. The summed E-state index contributed by atoms with van der Waals surface area (Å²) in [5.74, 6) is 0. The Bertz CT molecular complexity index is 644. The Morgan fingerprint density at radius 2 is 1.96 bits per heavy atom. The van der Waals surface area contributed by atoms with E-state index in [9.17, 15) is 9.90 Å². The first-order chi connectivity index (χ1) is 11.0. The molecule has 0 aliphatic carbocycles. The van der Waals surface area contributed by atoms with E-state index < -0.39 is 6.10 Å². The van der Waals surface area contributed by atoms with Gasteiger partial charge in [-0.3, -0.25) is 4.68 Å². The van der Waals surface area contributed by atoms with Crippen molar-refractivity contribution in [3.63, 3.8) is 0 Å². The summed E-state index contributed by atoms with van der Waals surface area (Å²) in [4.78, 5) is 12.1. The highest BCUT2D eigenvalue weighted by Gasteiger charge is 2.13. The second kappa shape index (κ2) is 7.78. The third kappa shape index (κ3) is 4.32. The highest BCUT2D eigenvalue weighted by atomic mass is 16.3. The van der Waals surface area contributed by atoms with Gasteiger partial charge >= 0.3 is 6.03 Å². The molecular weight excluding hydrogens is 292 g/mol. The number of aliphatic hydroxyl groups is 1. The number of urea groups is 1. The maximum absolute atomic E-state index is 12.1. The molecule has 1 aromatic carbocycles. The highest BCUT2D eigenvalue weighted by Crippen LogP contribution is 2.22. The number of hydrogen-bond donors (Lipinski definition) is 3. The van der Waals surface area contributed by atoms with Crippen LogP contribution >= 0.6 is 0 Å². The molecule has 6 nitrogen and oxygen atoms in total. The zero-order chi connectivity index (χ0) is 16.8. The topological polar surface area (TPSA) is 79.2 Å². The summed E-state index contributed by atoms with van der Waals surface area (Å²) >= 11 is 0. The van der Waals surface area contributed by atoms with Crippen molar-refractivity contribution >= 4 is 11.7 Å². The van der Waals surface area contributed by atoms with Crippen molar-refractivity contribution in [2.45, 2.75) is 32.8 Å². The fraction of sp³-hybridized carbons (Fsp3) is 0.412. The minimum absolute atomic E-state index is 0.132. The number of para-hydroxylation sites is 1. The van der Waals surface area contributed by atoms with E-state index in [2.05, 4.69) is 29.6 Å². The van der Waals surface area contributed by atoms with Crippen LogP contribution in [0.2, 0.25) is 0 Å². The van der Waals surface area contributed by atoms with Gasteiger partial charge in [0, 0.05) is 31.0 Å². The van der Waals surface area contributed by atoms with Gasteiger partial charge in [0.15, 0.2) is 0 Å². The number of hydrogen-bond acceptors (Lipinski definition) is 3. The second-order valence-corrected chi connectivity index (χ2v) is 5.46. The number of carbonyl (C=O) groups excluding carboxylic acids is 1. The van der Waals surface area contributed by atoms with Crippen molar-refractivity contribution in [1.29, 1.82) is 0 Å². The summed E-state index contributed by atoms with van der Waals surface area (Å²) in [5.41, 5.74) is 3.75. The number of aromatic nitrogens is 2. The third-order valence-corrected chi connectivity index (χ3v) is 3.80. The lowest BCUT2D eigenvalue weighted by Crippen LogP contribution is -2.33. The monoisotopic (exact) mass is 316 g/mol. The van der Waals surface area contributed by atoms with Crippen molar-refractivity contribution < 1.29 is 9.90 Å². The molecule has 1 aromatic heterocycles.